The Morgan fingerprint density at radius 3 is 2.58 bits per heavy atom. The molecule has 3 saturated carbocycles. The second kappa shape index (κ2) is 8.91. The molecular formula is C25H38O. The Hall–Kier alpha value is -0.820. The fourth-order valence-corrected chi connectivity index (χ4v) is 6.15. The first kappa shape index (κ1) is 18.5. The van der Waals surface area contributed by atoms with Gasteiger partial charge in [0.2, 0.25) is 0 Å². The summed E-state index contributed by atoms with van der Waals surface area (Å²) in [6.45, 7) is 3.31. The van der Waals surface area contributed by atoms with E-state index in [1.54, 1.807) is 11.1 Å². The molecule has 0 radical (unpaired) electrons. The van der Waals surface area contributed by atoms with Crippen LogP contribution < -0.4 is 0 Å². The lowest BCUT2D eigenvalue weighted by atomic mass is 9.63. The van der Waals surface area contributed by atoms with Crippen LogP contribution in [0, 0.1) is 23.7 Å². The largest absolute Gasteiger partial charge is 0.378 e. The summed E-state index contributed by atoms with van der Waals surface area (Å²) in [6, 6.07) is 9.04. The molecule has 144 valence electrons. The lowest BCUT2D eigenvalue weighted by Gasteiger charge is -2.43. The summed E-state index contributed by atoms with van der Waals surface area (Å²) in [5.41, 5.74) is 3.17. The molecule has 2 bridgehead atoms. The van der Waals surface area contributed by atoms with Crippen molar-refractivity contribution in [2.24, 2.45) is 23.7 Å². The molecule has 1 aromatic rings. The van der Waals surface area contributed by atoms with Crippen molar-refractivity contribution < 1.29 is 4.74 Å². The number of rotatable bonds is 8. The first-order chi connectivity index (χ1) is 12.8. The molecule has 0 heterocycles. The van der Waals surface area contributed by atoms with Crippen LogP contribution in [0.1, 0.15) is 82.3 Å². The van der Waals surface area contributed by atoms with Gasteiger partial charge in [0, 0.05) is 6.61 Å². The third-order valence-corrected chi connectivity index (χ3v) is 7.70. The van der Waals surface area contributed by atoms with Crippen LogP contribution in [-0.2, 0) is 17.6 Å². The predicted molar refractivity (Wildman–Crippen MR) is 109 cm³/mol. The number of benzene rings is 1. The molecule has 0 amide bonds. The Balaban J connectivity index is 1.23. The maximum absolute atomic E-state index is 6.48. The molecule has 1 heteroatoms. The van der Waals surface area contributed by atoms with Gasteiger partial charge in [0.25, 0.3) is 0 Å². The zero-order valence-electron chi connectivity index (χ0n) is 16.8. The quantitative estimate of drug-likeness (QED) is 0.512. The Bertz CT molecular complexity index is 557. The monoisotopic (exact) mass is 354 g/mol. The third kappa shape index (κ3) is 4.53. The lowest BCUT2D eigenvalue weighted by molar-refractivity contribution is -0.00615. The number of hydrogen-bond acceptors (Lipinski definition) is 1. The molecule has 4 aliphatic rings. The summed E-state index contributed by atoms with van der Waals surface area (Å²) in [4.78, 5) is 0. The maximum Gasteiger partial charge on any atom is 0.0577 e. The minimum absolute atomic E-state index is 0.528. The number of hydrogen-bond donors (Lipinski definition) is 0. The molecule has 3 atom stereocenters. The Labute approximate surface area is 160 Å². The zero-order chi connectivity index (χ0) is 17.8. The molecule has 1 nitrogen and oxygen atoms in total. The van der Waals surface area contributed by atoms with Crippen LogP contribution in [0.5, 0.6) is 0 Å². The minimum Gasteiger partial charge on any atom is -0.378 e. The normalized spacial score (nSPS) is 31.6. The third-order valence-electron chi connectivity index (χ3n) is 7.70. The van der Waals surface area contributed by atoms with Gasteiger partial charge in [0.1, 0.15) is 0 Å². The maximum atomic E-state index is 6.48. The van der Waals surface area contributed by atoms with Crippen molar-refractivity contribution in [3.05, 3.63) is 35.4 Å². The van der Waals surface area contributed by atoms with Gasteiger partial charge in [-0.3, -0.25) is 0 Å². The van der Waals surface area contributed by atoms with E-state index in [0.29, 0.717) is 6.10 Å². The van der Waals surface area contributed by atoms with Crippen LogP contribution in [0.2, 0.25) is 0 Å². The van der Waals surface area contributed by atoms with Crippen LogP contribution >= 0.6 is 0 Å². The lowest BCUT2D eigenvalue weighted by Crippen LogP contribution is -2.34. The van der Waals surface area contributed by atoms with Gasteiger partial charge in [0.05, 0.1) is 6.10 Å². The average molecular weight is 355 g/mol. The molecule has 0 spiro atoms. The molecule has 0 aliphatic heterocycles. The van der Waals surface area contributed by atoms with E-state index in [9.17, 15) is 0 Å². The summed E-state index contributed by atoms with van der Waals surface area (Å²) < 4.78 is 6.48. The second-order valence-corrected chi connectivity index (χ2v) is 9.46. The topological polar surface area (TPSA) is 9.23 Å². The highest BCUT2D eigenvalue weighted by Gasteiger charge is 2.36. The molecular weight excluding hydrogens is 316 g/mol. The summed E-state index contributed by atoms with van der Waals surface area (Å²) in [5.74, 6) is 3.88. The Morgan fingerprint density at radius 1 is 1.04 bits per heavy atom. The van der Waals surface area contributed by atoms with Crippen molar-refractivity contribution in [3.63, 3.8) is 0 Å². The molecule has 26 heavy (non-hydrogen) atoms. The van der Waals surface area contributed by atoms with Crippen molar-refractivity contribution in [1.82, 2.24) is 0 Å². The van der Waals surface area contributed by atoms with E-state index in [1.807, 2.05) is 0 Å². The molecule has 5 rings (SSSR count). The number of fused-ring (bicyclic) bond motifs is 4. The van der Waals surface area contributed by atoms with E-state index in [-0.39, 0.29) is 0 Å². The highest BCUT2D eigenvalue weighted by Crippen LogP contribution is 2.47. The van der Waals surface area contributed by atoms with E-state index < -0.39 is 0 Å². The van der Waals surface area contributed by atoms with Crippen molar-refractivity contribution >= 4 is 0 Å². The van der Waals surface area contributed by atoms with Crippen molar-refractivity contribution in [1.29, 1.82) is 0 Å². The number of aryl methyl sites for hydroxylation is 1. The first-order valence-corrected chi connectivity index (χ1v) is 11.5. The molecule has 3 unspecified atom stereocenters. The minimum atomic E-state index is 0.528. The van der Waals surface area contributed by atoms with Crippen molar-refractivity contribution in [2.75, 3.05) is 6.61 Å². The highest BCUT2D eigenvalue weighted by atomic mass is 16.5. The Kier molecular flexibility index (Phi) is 6.36. The van der Waals surface area contributed by atoms with Gasteiger partial charge >= 0.3 is 0 Å². The van der Waals surface area contributed by atoms with Gasteiger partial charge in [-0.25, -0.2) is 0 Å². The molecule has 0 N–H and O–H groups in total. The summed E-state index contributed by atoms with van der Waals surface area (Å²) in [5, 5.41) is 0. The summed E-state index contributed by atoms with van der Waals surface area (Å²) >= 11 is 0. The van der Waals surface area contributed by atoms with E-state index >= 15 is 0 Å². The van der Waals surface area contributed by atoms with Crippen LogP contribution in [0.4, 0.5) is 0 Å². The summed E-state index contributed by atoms with van der Waals surface area (Å²) in [6.07, 6.45) is 17.1. The van der Waals surface area contributed by atoms with Gasteiger partial charge in [-0.15, -0.1) is 0 Å². The van der Waals surface area contributed by atoms with Gasteiger partial charge in [-0.05, 0) is 92.6 Å². The highest BCUT2D eigenvalue weighted by molar-refractivity contribution is 5.29. The molecule has 4 aliphatic carbocycles. The summed E-state index contributed by atoms with van der Waals surface area (Å²) in [7, 11) is 0. The predicted octanol–water partition coefficient (Wildman–Crippen LogP) is 6.58. The zero-order valence-corrected chi connectivity index (χ0v) is 16.8. The first-order valence-electron chi connectivity index (χ1n) is 11.5. The molecule has 0 saturated heterocycles. The molecule has 1 aromatic carbocycles. The van der Waals surface area contributed by atoms with Gasteiger partial charge < -0.3 is 4.74 Å². The molecule has 0 aromatic heterocycles. The number of ether oxygens (including phenoxy) is 1. The van der Waals surface area contributed by atoms with Crippen LogP contribution in [0.25, 0.3) is 0 Å². The van der Waals surface area contributed by atoms with Gasteiger partial charge in [-0.1, -0.05) is 50.5 Å². The second-order valence-electron chi connectivity index (χ2n) is 9.46. The Morgan fingerprint density at radius 2 is 1.85 bits per heavy atom. The van der Waals surface area contributed by atoms with E-state index in [2.05, 4.69) is 31.2 Å². The van der Waals surface area contributed by atoms with Crippen LogP contribution in [0.3, 0.4) is 0 Å². The van der Waals surface area contributed by atoms with Crippen molar-refractivity contribution in [3.8, 4) is 0 Å². The van der Waals surface area contributed by atoms with Gasteiger partial charge in [-0.2, -0.15) is 0 Å². The van der Waals surface area contributed by atoms with E-state index in [1.165, 1.54) is 77.0 Å². The smallest absolute Gasteiger partial charge is 0.0577 e. The van der Waals surface area contributed by atoms with Gasteiger partial charge in [0.15, 0.2) is 0 Å². The average Bonchev–Trinajstić information content (AvgIpc) is 2.69. The van der Waals surface area contributed by atoms with E-state index in [0.717, 1.165) is 30.3 Å². The SMILES string of the molecule is CCCC(CC1CC2CCC1CC2)OCCC1CCc2ccccc2C1. The fraction of sp³-hybridized carbons (Fsp3) is 0.760. The van der Waals surface area contributed by atoms with E-state index in [4.69, 9.17) is 4.74 Å². The van der Waals surface area contributed by atoms with Crippen LogP contribution in [-0.4, -0.2) is 12.7 Å². The fourth-order valence-electron chi connectivity index (χ4n) is 6.15. The van der Waals surface area contributed by atoms with Crippen LogP contribution in [0.15, 0.2) is 24.3 Å². The van der Waals surface area contributed by atoms with Crippen molar-refractivity contribution in [2.45, 2.75) is 90.1 Å². The standard InChI is InChI=1S/C25H38O/c1-2-5-25(18-24-17-19-8-12-22(24)13-9-19)26-15-14-20-10-11-21-6-3-4-7-23(21)16-20/h3-4,6-7,19-20,22,24-25H,2,5,8-18H2,1H3. The molecule has 3 fully saturated rings.